The van der Waals surface area contributed by atoms with Crippen molar-refractivity contribution in [1.29, 1.82) is 0 Å². The van der Waals surface area contributed by atoms with Crippen molar-refractivity contribution < 1.29 is 9.66 Å². The first-order valence-electron chi connectivity index (χ1n) is 10.9. The Labute approximate surface area is 187 Å². The van der Waals surface area contributed by atoms with E-state index < -0.39 is 4.92 Å². The zero-order chi connectivity index (χ0) is 23.5. The summed E-state index contributed by atoms with van der Waals surface area (Å²) in [5, 5.41) is 14.0. The Morgan fingerprint density at radius 2 is 1.78 bits per heavy atom. The summed E-state index contributed by atoms with van der Waals surface area (Å²) in [5.41, 5.74) is 0.446. The van der Waals surface area contributed by atoms with E-state index in [2.05, 4.69) is 17.1 Å². The number of nitrogens with zero attached hydrogens (tertiary/aromatic N) is 4. The number of benzene rings is 1. The first-order valence-corrected chi connectivity index (χ1v) is 10.9. The fourth-order valence-electron chi connectivity index (χ4n) is 3.31. The lowest BCUT2D eigenvalue weighted by molar-refractivity contribution is -0.384. The first kappa shape index (κ1) is 25.3. The molecule has 10 heteroatoms. The van der Waals surface area contributed by atoms with Gasteiger partial charge in [-0.25, -0.2) is 4.79 Å². The number of nitro groups is 1. The van der Waals surface area contributed by atoms with Crippen LogP contribution in [0.3, 0.4) is 0 Å². The molecule has 176 valence electrons. The second-order valence-electron chi connectivity index (χ2n) is 7.68. The summed E-state index contributed by atoms with van der Waals surface area (Å²) in [6.07, 6.45) is 2.69. The summed E-state index contributed by atoms with van der Waals surface area (Å²) in [6, 6.07) is 8.08. The van der Waals surface area contributed by atoms with Gasteiger partial charge in [0.15, 0.2) is 0 Å². The number of ether oxygens (including phenoxy) is 1. The van der Waals surface area contributed by atoms with E-state index in [0.717, 1.165) is 55.6 Å². The van der Waals surface area contributed by atoms with E-state index in [0.29, 0.717) is 19.0 Å². The average molecular weight is 448 g/mol. The van der Waals surface area contributed by atoms with Gasteiger partial charge in [0.1, 0.15) is 5.82 Å². The SMILES string of the molecule is CCCOCCN(CCCc1ccc([N+](=O)[O-])cc1)CCNc1cc(=O)n(C)c(=O)n1C. The van der Waals surface area contributed by atoms with Crippen LogP contribution in [0.2, 0.25) is 0 Å². The van der Waals surface area contributed by atoms with Gasteiger partial charge in [-0.1, -0.05) is 19.1 Å². The van der Waals surface area contributed by atoms with E-state index in [1.54, 1.807) is 19.2 Å². The number of nitro benzene ring substituents is 1. The Kier molecular flexibility index (Phi) is 10.1. The molecule has 0 radical (unpaired) electrons. The van der Waals surface area contributed by atoms with E-state index >= 15 is 0 Å². The second kappa shape index (κ2) is 12.8. The Bertz CT molecular complexity index is 984. The van der Waals surface area contributed by atoms with Gasteiger partial charge in [0.25, 0.3) is 11.2 Å². The highest BCUT2D eigenvalue weighted by atomic mass is 16.6. The monoisotopic (exact) mass is 447 g/mol. The van der Waals surface area contributed by atoms with Crippen molar-refractivity contribution in [3.8, 4) is 0 Å². The lowest BCUT2D eigenvalue weighted by Crippen LogP contribution is -2.38. The summed E-state index contributed by atoms with van der Waals surface area (Å²) in [5.74, 6) is 0.492. The normalized spacial score (nSPS) is 11.1. The van der Waals surface area contributed by atoms with Gasteiger partial charge < -0.3 is 10.1 Å². The summed E-state index contributed by atoms with van der Waals surface area (Å²) >= 11 is 0. The fourth-order valence-corrected chi connectivity index (χ4v) is 3.31. The molecule has 0 saturated carbocycles. The van der Waals surface area contributed by atoms with Gasteiger partial charge in [-0.3, -0.25) is 28.9 Å². The second-order valence-corrected chi connectivity index (χ2v) is 7.68. The molecule has 0 aliphatic heterocycles. The Morgan fingerprint density at radius 3 is 2.44 bits per heavy atom. The highest BCUT2D eigenvalue weighted by Crippen LogP contribution is 2.13. The number of rotatable bonds is 14. The van der Waals surface area contributed by atoms with Crippen molar-refractivity contribution in [2.45, 2.75) is 26.2 Å². The van der Waals surface area contributed by atoms with Gasteiger partial charge in [0.05, 0.1) is 11.5 Å². The molecule has 1 aromatic heterocycles. The highest BCUT2D eigenvalue weighted by molar-refractivity contribution is 5.34. The molecule has 2 aromatic rings. The lowest BCUT2D eigenvalue weighted by atomic mass is 10.1. The number of nitrogens with one attached hydrogen (secondary N) is 1. The van der Waals surface area contributed by atoms with Crippen molar-refractivity contribution in [1.82, 2.24) is 14.0 Å². The van der Waals surface area contributed by atoms with Gasteiger partial charge in [-0.2, -0.15) is 0 Å². The molecule has 1 N–H and O–H groups in total. The van der Waals surface area contributed by atoms with E-state index in [1.807, 2.05) is 0 Å². The van der Waals surface area contributed by atoms with Crippen LogP contribution in [0.1, 0.15) is 25.3 Å². The molecular weight excluding hydrogens is 414 g/mol. The molecule has 0 atom stereocenters. The van der Waals surface area contributed by atoms with Gasteiger partial charge >= 0.3 is 5.69 Å². The molecule has 0 aliphatic carbocycles. The standard InChI is InChI=1S/C22H33N5O5/c1-4-15-32-16-14-26(12-5-6-18-7-9-19(10-8-18)27(30)31)13-11-23-20-17-21(28)25(3)22(29)24(20)2/h7-10,17,23H,4-6,11-16H2,1-3H3. The number of anilines is 1. The zero-order valence-corrected chi connectivity index (χ0v) is 19.1. The zero-order valence-electron chi connectivity index (χ0n) is 19.1. The maximum Gasteiger partial charge on any atom is 0.332 e. The van der Waals surface area contributed by atoms with Crippen LogP contribution in [0.25, 0.3) is 0 Å². The van der Waals surface area contributed by atoms with Crippen LogP contribution < -0.4 is 16.6 Å². The van der Waals surface area contributed by atoms with Crippen molar-refractivity contribution in [2.75, 3.05) is 44.7 Å². The van der Waals surface area contributed by atoms with Crippen LogP contribution in [0, 0.1) is 10.1 Å². The van der Waals surface area contributed by atoms with Gasteiger partial charge in [0, 0.05) is 58.5 Å². The number of aryl methyl sites for hydroxylation is 1. The maximum absolute atomic E-state index is 12.1. The van der Waals surface area contributed by atoms with E-state index in [9.17, 15) is 19.7 Å². The summed E-state index contributed by atoms with van der Waals surface area (Å²) < 4.78 is 8.12. The van der Waals surface area contributed by atoms with Crippen molar-refractivity contribution >= 4 is 11.5 Å². The molecule has 32 heavy (non-hydrogen) atoms. The topological polar surface area (TPSA) is 112 Å². The summed E-state index contributed by atoms with van der Waals surface area (Å²) in [7, 11) is 3.09. The fraction of sp³-hybridized carbons (Fsp3) is 0.545. The molecule has 0 spiro atoms. The van der Waals surface area contributed by atoms with Crippen LogP contribution >= 0.6 is 0 Å². The van der Waals surface area contributed by atoms with Crippen molar-refractivity contribution in [3.05, 3.63) is 66.8 Å². The quantitative estimate of drug-likeness (QED) is 0.267. The minimum atomic E-state index is -0.396. The largest absolute Gasteiger partial charge is 0.380 e. The molecule has 10 nitrogen and oxygen atoms in total. The molecule has 0 fully saturated rings. The Hall–Kier alpha value is -2.98. The molecule has 0 unspecified atom stereocenters. The van der Waals surface area contributed by atoms with Gasteiger partial charge in [-0.05, 0) is 31.4 Å². The molecule has 1 aromatic carbocycles. The van der Waals surface area contributed by atoms with Gasteiger partial charge in [-0.15, -0.1) is 0 Å². The average Bonchev–Trinajstić information content (AvgIpc) is 2.78. The minimum absolute atomic E-state index is 0.0969. The predicted molar refractivity (Wildman–Crippen MR) is 124 cm³/mol. The molecule has 0 bridgehead atoms. The Morgan fingerprint density at radius 1 is 1.06 bits per heavy atom. The van der Waals surface area contributed by atoms with Crippen molar-refractivity contribution in [3.63, 3.8) is 0 Å². The van der Waals surface area contributed by atoms with Crippen LogP contribution in [-0.4, -0.2) is 58.4 Å². The molecular formula is C22H33N5O5. The molecule has 0 amide bonds. The number of hydrogen-bond donors (Lipinski definition) is 1. The molecule has 1 heterocycles. The number of hydrogen-bond acceptors (Lipinski definition) is 7. The molecule has 2 rings (SSSR count). The Balaban J connectivity index is 1.89. The van der Waals surface area contributed by atoms with Gasteiger partial charge in [0.2, 0.25) is 0 Å². The van der Waals surface area contributed by atoms with Crippen molar-refractivity contribution in [2.24, 2.45) is 14.1 Å². The highest BCUT2D eigenvalue weighted by Gasteiger charge is 2.09. The maximum atomic E-state index is 12.1. The summed E-state index contributed by atoms with van der Waals surface area (Å²) in [4.78, 5) is 36.6. The van der Waals surface area contributed by atoms with E-state index in [1.165, 1.54) is 29.8 Å². The summed E-state index contributed by atoms with van der Waals surface area (Å²) in [6.45, 7) is 6.34. The number of aromatic nitrogens is 2. The smallest absolute Gasteiger partial charge is 0.332 e. The number of non-ortho nitro benzene ring substituents is 1. The minimum Gasteiger partial charge on any atom is -0.380 e. The third-order valence-corrected chi connectivity index (χ3v) is 5.25. The van der Waals surface area contributed by atoms with Crippen LogP contribution in [-0.2, 0) is 25.3 Å². The lowest BCUT2D eigenvalue weighted by Gasteiger charge is -2.23. The molecule has 0 saturated heterocycles. The first-order chi connectivity index (χ1) is 15.3. The third kappa shape index (κ3) is 7.61. The van der Waals surface area contributed by atoms with E-state index in [4.69, 9.17) is 4.74 Å². The van der Waals surface area contributed by atoms with Crippen LogP contribution in [0.4, 0.5) is 11.5 Å². The van der Waals surface area contributed by atoms with E-state index in [-0.39, 0.29) is 16.9 Å². The molecule has 0 aliphatic rings. The van der Waals surface area contributed by atoms with Crippen LogP contribution in [0.15, 0.2) is 39.9 Å². The van der Waals surface area contributed by atoms with Crippen LogP contribution in [0.5, 0.6) is 0 Å². The predicted octanol–water partition coefficient (Wildman–Crippen LogP) is 1.77. The third-order valence-electron chi connectivity index (χ3n) is 5.25.